The molecule has 0 spiro atoms. The number of carbonyl (C=O) groups is 1. The summed E-state index contributed by atoms with van der Waals surface area (Å²) in [4.78, 5) is 28.1. The summed E-state index contributed by atoms with van der Waals surface area (Å²) in [5.41, 5.74) is 2.25. The molecule has 0 aliphatic rings. The maximum absolute atomic E-state index is 12.8. The molecule has 0 unspecified atom stereocenters. The van der Waals surface area contributed by atoms with Gasteiger partial charge in [-0.25, -0.2) is 14.2 Å². The summed E-state index contributed by atoms with van der Waals surface area (Å²) in [6.45, 7) is 1.78. The molecule has 2 heterocycles. The molecule has 1 aromatic carbocycles. The minimum Gasteiger partial charge on any atom is -0.456 e. The molecule has 0 atom stereocenters. The van der Waals surface area contributed by atoms with Gasteiger partial charge in [0.25, 0.3) is 5.56 Å². The highest BCUT2D eigenvalue weighted by molar-refractivity contribution is 5.87. The number of fused-ring (bicyclic) bond motifs is 1. The Balaban J connectivity index is 1.67. The molecule has 0 N–H and O–H groups in total. The second-order valence-electron chi connectivity index (χ2n) is 5.51. The fraction of sp³-hybridized carbons (Fsp3) is 0.105. The standard InChI is InChI=1S/C19H15FN2O3/c1-13-2-8-17-21-16(10-18(23)22(17)11-13)12-25-19(24)9-5-14-3-6-15(20)7-4-14/h2-11H,12H2,1H3/b9-5+. The quantitative estimate of drug-likeness (QED) is 0.542. The Labute approximate surface area is 143 Å². The Morgan fingerprint density at radius 1 is 1.24 bits per heavy atom. The van der Waals surface area contributed by atoms with Crippen molar-refractivity contribution in [1.29, 1.82) is 0 Å². The number of esters is 1. The van der Waals surface area contributed by atoms with E-state index in [1.165, 1.54) is 34.8 Å². The number of aromatic nitrogens is 2. The first-order valence-corrected chi connectivity index (χ1v) is 7.60. The summed E-state index contributed by atoms with van der Waals surface area (Å²) in [6, 6.07) is 10.6. The minimum absolute atomic E-state index is 0.105. The minimum atomic E-state index is -0.574. The lowest BCUT2D eigenvalue weighted by atomic mass is 10.2. The summed E-state index contributed by atoms with van der Waals surface area (Å²) in [7, 11) is 0. The number of benzene rings is 1. The van der Waals surface area contributed by atoms with Crippen LogP contribution in [-0.4, -0.2) is 15.4 Å². The van der Waals surface area contributed by atoms with Crippen LogP contribution < -0.4 is 5.56 Å². The molecule has 0 bridgehead atoms. The maximum atomic E-state index is 12.8. The van der Waals surface area contributed by atoms with E-state index in [4.69, 9.17) is 4.74 Å². The molecule has 0 fully saturated rings. The van der Waals surface area contributed by atoms with Gasteiger partial charge >= 0.3 is 5.97 Å². The molecule has 3 aromatic rings. The third-order valence-corrected chi connectivity index (χ3v) is 3.50. The second kappa shape index (κ2) is 7.09. The van der Waals surface area contributed by atoms with Gasteiger partial charge in [0.15, 0.2) is 0 Å². The van der Waals surface area contributed by atoms with Gasteiger partial charge in [-0.1, -0.05) is 18.2 Å². The average molecular weight is 338 g/mol. The molecular weight excluding hydrogens is 323 g/mol. The Morgan fingerprint density at radius 3 is 2.76 bits per heavy atom. The molecule has 0 amide bonds. The molecule has 6 heteroatoms. The number of nitrogens with zero attached hydrogens (tertiary/aromatic N) is 2. The van der Waals surface area contributed by atoms with Crippen molar-refractivity contribution >= 4 is 17.7 Å². The topological polar surface area (TPSA) is 60.7 Å². The van der Waals surface area contributed by atoms with Gasteiger partial charge < -0.3 is 4.74 Å². The normalized spacial score (nSPS) is 11.1. The van der Waals surface area contributed by atoms with E-state index >= 15 is 0 Å². The van der Waals surface area contributed by atoms with Gasteiger partial charge in [0.05, 0.1) is 5.69 Å². The van der Waals surface area contributed by atoms with Gasteiger partial charge in [0.2, 0.25) is 0 Å². The molecular formula is C19H15FN2O3. The van der Waals surface area contributed by atoms with Crippen LogP contribution in [0.25, 0.3) is 11.7 Å². The van der Waals surface area contributed by atoms with E-state index in [1.807, 2.05) is 13.0 Å². The van der Waals surface area contributed by atoms with Crippen LogP contribution in [0.5, 0.6) is 0 Å². The Bertz CT molecular complexity index is 1010. The van der Waals surface area contributed by atoms with E-state index < -0.39 is 5.97 Å². The number of ether oxygens (including phenoxy) is 1. The number of aryl methyl sites for hydroxylation is 1. The first-order chi connectivity index (χ1) is 12.0. The van der Waals surface area contributed by atoms with Gasteiger partial charge in [-0.05, 0) is 42.3 Å². The van der Waals surface area contributed by atoms with Crippen LogP contribution in [0.2, 0.25) is 0 Å². The van der Waals surface area contributed by atoms with E-state index in [0.717, 1.165) is 5.56 Å². The van der Waals surface area contributed by atoms with E-state index in [1.54, 1.807) is 24.4 Å². The van der Waals surface area contributed by atoms with Gasteiger partial charge in [0, 0.05) is 18.3 Å². The Hall–Kier alpha value is -3.28. The molecule has 0 saturated carbocycles. The monoisotopic (exact) mass is 338 g/mol. The lowest BCUT2D eigenvalue weighted by Crippen LogP contribution is -2.16. The number of halogens is 1. The van der Waals surface area contributed by atoms with Crippen LogP contribution in [-0.2, 0) is 16.1 Å². The smallest absolute Gasteiger partial charge is 0.331 e. The van der Waals surface area contributed by atoms with E-state index in [-0.39, 0.29) is 18.0 Å². The largest absolute Gasteiger partial charge is 0.456 e. The molecule has 0 radical (unpaired) electrons. The van der Waals surface area contributed by atoms with Crippen molar-refractivity contribution in [2.75, 3.05) is 0 Å². The number of hydrogen-bond acceptors (Lipinski definition) is 4. The van der Waals surface area contributed by atoms with Crippen molar-refractivity contribution in [2.24, 2.45) is 0 Å². The molecule has 2 aromatic heterocycles. The highest BCUT2D eigenvalue weighted by atomic mass is 19.1. The van der Waals surface area contributed by atoms with E-state index in [9.17, 15) is 14.0 Å². The van der Waals surface area contributed by atoms with Crippen molar-refractivity contribution in [3.63, 3.8) is 0 Å². The van der Waals surface area contributed by atoms with E-state index in [2.05, 4.69) is 4.98 Å². The molecule has 126 valence electrons. The predicted octanol–water partition coefficient (Wildman–Crippen LogP) is 2.90. The zero-order chi connectivity index (χ0) is 17.8. The third-order valence-electron chi connectivity index (χ3n) is 3.50. The number of pyridine rings is 1. The van der Waals surface area contributed by atoms with Crippen molar-refractivity contribution < 1.29 is 13.9 Å². The van der Waals surface area contributed by atoms with Gasteiger partial charge in [0.1, 0.15) is 18.1 Å². The zero-order valence-corrected chi connectivity index (χ0v) is 13.5. The van der Waals surface area contributed by atoms with Crippen molar-refractivity contribution in [2.45, 2.75) is 13.5 Å². The van der Waals surface area contributed by atoms with Crippen LogP contribution in [0.15, 0.2) is 59.5 Å². The van der Waals surface area contributed by atoms with Crippen LogP contribution in [0.4, 0.5) is 4.39 Å². The van der Waals surface area contributed by atoms with Crippen LogP contribution in [0.3, 0.4) is 0 Å². The van der Waals surface area contributed by atoms with Crippen molar-refractivity contribution in [3.8, 4) is 0 Å². The second-order valence-corrected chi connectivity index (χ2v) is 5.51. The Morgan fingerprint density at radius 2 is 2.00 bits per heavy atom. The van der Waals surface area contributed by atoms with Crippen molar-refractivity contribution in [1.82, 2.24) is 9.38 Å². The molecule has 0 saturated heterocycles. The highest BCUT2D eigenvalue weighted by Crippen LogP contribution is 2.06. The van der Waals surface area contributed by atoms with Gasteiger partial charge in [-0.15, -0.1) is 0 Å². The van der Waals surface area contributed by atoms with Gasteiger partial charge in [-0.2, -0.15) is 0 Å². The Kier molecular flexibility index (Phi) is 4.70. The fourth-order valence-electron chi connectivity index (χ4n) is 2.26. The van der Waals surface area contributed by atoms with Crippen LogP contribution >= 0.6 is 0 Å². The summed E-state index contributed by atoms with van der Waals surface area (Å²) in [5.74, 6) is -0.918. The first kappa shape index (κ1) is 16.6. The maximum Gasteiger partial charge on any atom is 0.331 e. The summed E-state index contributed by atoms with van der Waals surface area (Å²) in [5, 5.41) is 0. The summed E-state index contributed by atoms with van der Waals surface area (Å²) in [6.07, 6.45) is 4.46. The lowest BCUT2D eigenvalue weighted by molar-refractivity contribution is -0.139. The average Bonchev–Trinajstić information content (AvgIpc) is 2.60. The van der Waals surface area contributed by atoms with E-state index in [0.29, 0.717) is 16.9 Å². The van der Waals surface area contributed by atoms with Crippen LogP contribution in [0.1, 0.15) is 16.8 Å². The molecule has 25 heavy (non-hydrogen) atoms. The predicted molar refractivity (Wildman–Crippen MR) is 91.4 cm³/mol. The molecule has 0 aliphatic heterocycles. The fourth-order valence-corrected chi connectivity index (χ4v) is 2.26. The first-order valence-electron chi connectivity index (χ1n) is 7.60. The SMILES string of the molecule is Cc1ccc2nc(COC(=O)/C=C/c3ccc(F)cc3)cc(=O)n2c1. The van der Waals surface area contributed by atoms with Crippen molar-refractivity contribution in [3.05, 3.63) is 87.7 Å². The highest BCUT2D eigenvalue weighted by Gasteiger charge is 2.05. The van der Waals surface area contributed by atoms with Gasteiger partial charge in [-0.3, -0.25) is 9.20 Å². The number of hydrogen-bond donors (Lipinski definition) is 0. The summed E-state index contributed by atoms with van der Waals surface area (Å²) < 4.78 is 19.3. The third kappa shape index (κ3) is 4.17. The molecule has 0 aliphatic carbocycles. The molecule has 3 rings (SSSR count). The number of carbonyl (C=O) groups excluding carboxylic acids is 1. The molecule has 5 nitrogen and oxygen atoms in total. The van der Waals surface area contributed by atoms with Crippen LogP contribution in [0, 0.1) is 12.7 Å². The summed E-state index contributed by atoms with van der Waals surface area (Å²) >= 11 is 0. The zero-order valence-electron chi connectivity index (χ0n) is 13.5. The number of rotatable bonds is 4. The lowest BCUT2D eigenvalue weighted by Gasteiger charge is -2.05.